The number of aromatic nitrogens is 3. The molecule has 0 aromatic carbocycles. The normalized spacial score (nSPS) is 18.2. The average molecular weight is 364 g/mol. The molecule has 132 valence electrons. The van der Waals surface area contributed by atoms with Crippen molar-refractivity contribution in [2.24, 2.45) is 5.41 Å². The Morgan fingerprint density at radius 1 is 1.27 bits per heavy atom. The third-order valence-corrected chi connectivity index (χ3v) is 5.54. The van der Waals surface area contributed by atoms with Crippen LogP contribution in [0.15, 0.2) is 48.2 Å². The van der Waals surface area contributed by atoms with Gasteiger partial charge in [0, 0.05) is 29.7 Å². The van der Waals surface area contributed by atoms with E-state index in [4.69, 9.17) is 4.98 Å². The molecule has 0 aliphatic heterocycles. The summed E-state index contributed by atoms with van der Waals surface area (Å²) in [5.41, 5.74) is 3.04. The summed E-state index contributed by atoms with van der Waals surface area (Å²) in [7, 11) is 0. The van der Waals surface area contributed by atoms with Crippen LogP contribution in [0.2, 0.25) is 0 Å². The van der Waals surface area contributed by atoms with Gasteiger partial charge in [-0.1, -0.05) is 19.9 Å². The van der Waals surface area contributed by atoms with Crippen molar-refractivity contribution in [3.8, 4) is 11.4 Å². The SMILES string of the molecule is CC1(C)Cc2nc(-c3ccncc3)ncc2[C@@H](NC(=O)c2cccs2)C1. The van der Waals surface area contributed by atoms with Crippen LogP contribution in [-0.2, 0) is 6.42 Å². The van der Waals surface area contributed by atoms with Gasteiger partial charge in [-0.25, -0.2) is 9.97 Å². The summed E-state index contributed by atoms with van der Waals surface area (Å²) in [5.74, 6) is 0.666. The molecule has 0 radical (unpaired) electrons. The molecular weight excluding hydrogens is 344 g/mol. The molecule has 0 saturated carbocycles. The van der Waals surface area contributed by atoms with Gasteiger partial charge >= 0.3 is 0 Å². The first kappa shape index (κ1) is 16.8. The number of pyridine rings is 1. The van der Waals surface area contributed by atoms with Crippen LogP contribution < -0.4 is 5.32 Å². The lowest BCUT2D eigenvalue weighted by Crippen LogP contribution is -2.37. The van der Waals surface area contributed by atoms with Crippen molar-refractivity contribution in [3.05, 3.63) is 64.4 Å². The van der Waals surface area contributed by atoms with Gasteiger partial charge in [-0.3, -0.25) is 9.78 Å². The lowest BCUT2D eigenvalue weighted by Gasteiger charge is -2.36. The Kier molecular flexibility index (Phi) is 4.28. The van der Waals surface area contributed by atoms with Gasteiger partial charge in [0.25, 0.3) is 5.91 Å². The molecule has 0 spiro atoms. The fourth-order valence-corrected chi connectivity index (χ4v) is 4.08. The number of hydrogen-bond acceptors (Lipinski definition) is 5. The highest BCUT2D eigenvalue weighted by molar-refractivity contribution is 7.12. The largest absolute Gasteiger partial charge is 0.344 e. The van der Waals surface area contributed by atoms with E-state index < -0.39 is 0 Å². The third-order valence-electron chi connectivity index (χ3n) is 4.67. The first-order valence-electron chi connectivity index (χ1n) is 8.62. The van der Waals surface area contributed by atoms with Gasteiger partial charge < -0.3 is 5.32 Å². The molecule has 4 rings (SSSR count). The number of hydrogen-bond donors (Lipinski definition) is 1. The standard InChI is InChI=1S/C20H20N4OS/c1-20(2)10-15-14(12-22-18(23-15)13-5-7-21-8-6-13)16(11-20)24-19(25)17-4-3-9-26-17/h3-9,12,16H,10-11H2,1-2H3,(H,24,25)/t16-/m0/s1. The topological polar surface area (TPSA) is 67.8 Å². The van der Waals surface area contributed by atoms with E-state index in [0.717, 1.165) is 34.5 Å². The highest BCUT2D eigenvalue weighted by Crippen LogP contribution is 2.40. The summed E-state index contributed by atoms with van der Waals surface area (Å²) >= 11 is 1.45. The van der Waals surface area contributed by atoms with E-state index in [1.807, 2.05) is 35.8 Å². The van der Waals surface area contributed by atoms with E-state index >= 15 is 0 Å². The van der Waals surface area contributed by atoms with Gasteiger partial charge in [-0.15, -0.1) is 11.3 Å². The molecule has 5 nitrogen and oxygen atoms in total. The minimum Gasteiger partial charge on any atom is -0.344 e. The van der Waals surface area contributed by atoms with E-state index in [0.29, 0.717) is 5.82 Å². The van der Waals surface area contributed by atoms with Crippen molar-refractivity contribution < 1.29 is 4.79 Å². The molecular formula is C20H20N4OS. The zero-order valence-electron chi connectivity index (χ0n) is 14.8. The smallest absolute Gasteiger partial charge is 0.261 e. The van der Waals surface area contributed by atoms with E-state index in [9.17, 15) is 4.79 Å². The molecule has 3 aromatic rings. The maximum absolute atomic E-state index is 12.5. The number of carbonyl (C=O) groups is 1. The Balaban J connectivity index is 1.67. The predicted octanol–water partition coefficient (Wildman–Crippen LogP) is 4.04. The molecule has 6 heteroatoms. The minimum absolute atomic E-state index is 0.0353. The van der Waals surface area contributed by atoms with Crippen molar-refractivity contribution in [1.29, 1.82) is 0 Å². The van der Waals surface area contributed by atoms with Crippen LogP contribution in [0.4, 0.5) is 0 Å². The third kappa shape index (κ3) is 3.37. The zero-order valence-corrected chi connectivity index (χ0v) is 15.6. The Morgan fingerprint density at radius 2 is 2.08 bits per heavy atom. The van der Waals surface area contributed by atoms with Crippen LogP contribution in [0.3, 0.4) is 0 Å². The fourth-order valence-electron chi connectivity index (χ4n) is 3.45. The van der Waals surface area contributed by atoms with Gasteiger partial charge in [0.15, 0.2) is 5.82 Å². The molecule has 0 unspecified atom stereocenters. The summed E-state index contributed by atoms with van der Waals surface area (Å²) < 4.78 is 0. The predicted molar refractivity (Wildman–Crippen MR) is 102 cm³/mol. The molecule has 26 heavy (non-hydrogen) atoms. The second kappa shape index (κ2) is 6.61. The Bertz CT molecular complexity index is 922. The molecule has 0 saturated heterocycles. The summed E-state index contributed by atoms with van der Waals surface area (Å²) in [4.78, 5) is 26.7. The van der Waals surface area contributed by atoms with E-state index in [1.54, 1.807) is 12.4 Å². The summed E-state index contributed by atoms with van der Waals surface area (Å²) in [6.45, 7) is 4.43. The number of nitrogens with zero attached hydrogens (tertiary/aromatic N) is 3. The Labute approximate surface area is 156 Å². The van der Waals surface area contributed by atoms with Gasteiger partial charge in [-0.05, 0) is 41.8 Å². The van der Waals surface area contributed by atoms with Crippen LogP contribution in [0.25, 0.3) is 11.4 Å². The second-order valence-electron chi connectivity index (χ2n) is 7.38. The summed E-state index contributed by atoms with van der Waals surface area (Å²) in [6.07, 6.45) is 7.09. The quantitative estimate of drug-likeness (QED) is 0.761. The molecule has 0 bridgehead atoms. The van der Waals surface area contributed by atoms with Crippen molar-refractivity contribution in [2.75, 3.05) is 0 Å². The first-order valence-corrected chi connectivity index (χ1v) is 9.50. The van der Waals surface area contributed by atoms with Crippen LogP contribution in [0, 0.1) is 5.41 Å². The van der Waals surface area contributed by atoms with Crippen molar-refractivity contribution in [2.45, 2.75) is 32.7 Å². The van der Waals surface area contributed by atoms with Gasteiger partial charge in [0.2, 0.25) is 0 Å². The highest BCUT2D eigenvalue weighted by Gasteiger charge is 2.34. The molecule has 3 heterocycles. The van der Waals surface area contributed by atoms with Crippen molar-refractivity contribution in [1.82, 2.24) is 20.3 Å². The highest BCUT2D eigenvalue weighted by atomic mass is 32.1. The maximum atomic E-state index is 12.5. The van der Waals surface area contributed by atoms with E-state index in [-0.39, 0.29) is 17.4 Å². The summed E-state index contributed by atoms with van der Waals surface area (Å²) in [6, 6.07) is 7.48. The van der Waals surface area contributed by atoms with Crippen LogP contribution in [0.1, 0.15) is 47.2 Å². The molecule has 1 amide bonds. The van der Waals surface area contributed by atoms with Gasteiger partial charge in [0.05, 0.1) is 16.6 Å². The Hall–Kier alpha value is -2.60. The Morgan fingerprint density at radius 3 is 2.81 bits per heavy atom. The fraction of sp³-hybridized carbons (Fsp3) is 0.300. The van der Waals surface area contributed by atoms with E-state index in [2.05, 4.69) is 29.1 Å². The number of amides is 1. The first-order chi connectivity index (χ1) is 12.5. The zero-order chi connectivity index (χ0) is 18.1. The molecule has 1 aliphatic carbocycles. The number of nitrogens with one attached hydrogen (secondary N) is 1. The monoisotopic (exact) mass is 364 g/mol. The van der Waals surface area contributed by atoms with Crippen LogP contribution in [0.5, 0.6) is 0 Å². The second-order valence-corrected chi connectivity index (χ2v) is 8.33. The number of carbonyl (C=O) groups excluding carboxylic acids is 1. The maximum Gasteiger partial charge on any atom is 0.261 e. The molecule has 1 aliphatic rings. The average Bonchev–Trinajstić information content (AvgIpc) is 3.16. The number of rotatable bonds is 3. The van der Waals surface area contributed by atoms with Crippen LogP contribution in [-0.4, -0.2) is 20.9 Å². The number of fused-ring (bicyclic) bond motifs is 1. The summed E-state index contributed by atoms with van der Waals surface area (Å²) in [5, 5.41) is 5.09. The lowest BCUT2D eigenvalue weighted by molar-refractivity contribution is 0.0923. The molecule has 1 N–H and O–H groups in total. The molecule has 3 aromatic heterocycles. The minimum atomic E-state index is -0.0742. The van der Waals surface area contributed by atoms with Crippen molar-refractivity contribution in [3.63, 3.8) is 0 Å². The van der Waals surface area contributed by atoms with Gasteiger partial charge in [0.1, 0.15) is 0 Å². The molecule has 1 atom stereocenters. The van der Waals surface area contributed by atoms with E-state index in [1.165, 1.54) is 11.3 Å². The van der Waals surface area contributed by atoms with Crippen molar-refractivity contribution >= 4 is 17.2 Å². The lowest BCUT2D eigenvalue weighted by atomic mass is 9.74. The van der Waals surface area contributed by atoms with Crippen LogP contribution >= 0.6 is 11.3 Å². The molecule has 0 fully saturated rings. The van der Waals surface area contributed by atoms with Gasteiger partial charge in [-0.2, -0.15) is 0 Å². The number of thiophene rings is 1.